The number of hydrogen-bond acceptors (Lipinski definition) is 6. The van der Waals surface area contributed by atoms with Crippen LogP contribution in [0.3, 0.4) is 0 Å². The number of pyridine rings is 1. The van der Waals surface area contributed by atoms with Gasteiger partial charge in [-0.15, -0.1) is 0 Å². The summed E-state index contributed by atoms with van der Waals surface area (Å²) >= 11 is 1.43. The van der Waals surface area contributed by atoms with E-state index < -0.39 is 0 Å². The van der Waals surface area contributed by atoms with Gasteiger partial charge in [0, 0.05) is 24.8 Å². The number of amides is 2. The number of carbonyl (C=O) groups is 1. The van der Waals surface area contributed by atoms with Crippen molar-refractivity contribution in [3.05, 3.63) is 36.5 Å². The average Bonchev–Trinajstić information content (AvgIpc) is 3.34. The van der Waals surface area contributed by atoms with Crippen LogP contribution < -0.4 is 15.8 Å². The van der Waals surface area contributed by atoms with Crippen LogP contribution in [0.1, 0.15) is 6.42 Å². The van der Waals surface area contributed by atoms with Gasteiger partial charge in [-0.3, -0.25) is 5.32 Å². The number of carbonyl (C=O) groups excluding carboxylic acids is 1. The molecule has 3 N–H and O–H groups in total. The Labute approximate surface area is 161 Å². The monoisotopic (exact) mass is 383 g/mol. The lowest BCUT2D eigenvalue weighted by molar-refractivity contribution is 0.221. The number of urea groups is 1. The van der Waals surface area contributed by atoms with E-state index in [0.29, 0.717) is 35.5 Å². The van der Waals surface area contributed by atoms with E-state index >= 15 is 0 Å². The van der Waals surface area contributed by atoms with Crippen LogP contribution >= 0.6 is 11.3 Å². The number of anilines is 1. The van der Waals surface area contributed by atoms with Gasteiger partial charge < -0.3 is 15.4 Å². The third kappa shape index (κ3) is 3.45. The second-order valence-corrected chi connectivity index (χ2v) is 7.51. The van der Waals surface area contributed by atoms with Gasteiger partial charge in [-0.2, -0.15) is 0 Å². The number of thiazole rings is 1. The maximum atomic E-state index is 12.6. The van der Waals surface area contributed by atoms with Gasteiger partial charge in [-0.1, -0.05) is 41.7 Å². The molecule has 1 saturated heterocycles. The predicted octanol–water partition coefficient (Wildman–Crippen LogP) is 3.18. The molecule has 1 atom stereocenters. The van der Waals surface area contributed by atoms with E-state index in [-0.39, 0.29) is 6.03 Å². The van der Waals surface area contributed by atoms with Crippen LogP contribution in [0.5, 0.6) is 5.88 Å². The minimum absolute atomic E-state index is 0.141. The van der Waals surface area contributed by atoms with Gasteiger partial charge >= 0.3 is 6.03 Å². The van der Waals surface area contributed by atoms with Crippen LogP contribution in [0.4, 0.5) is 9.93 Å². The van der Waals surface area contributed by atoms with E-state index in [1.165, 1.54) is 11.3 Å². The molecule has 7 nitrogen and oxygen atoms in total. The Morgan fingerprint density at radius 3 is 2.93 bits per heavy atom. The highest BCUT2D eigenvalue weighted by Crippen LogP contribution is 2.38. The highest BCUT2D eigenvalue weighted by atomic mass is 32.1. The summed E-state index contributed by atoms with van der Waals surface area (Å²) in [4.78, 5) is 23.3. The number of hydrogen-bond donors (Lipinski definition) is 2. The molecule has 0 radical (unpaired) electrons. The first kappa shape index (κ1) is 17.7. The normalized spacial score (nSPS) is 16.7. The van der Waals surface area contributed by atoms with Crippen molar-refractivity contribution in [2.24, 2.45) is 11.7 Å². The van der Waals surface area contributed by atoms with E-state index in [1.807, 2.05) is 30.3 Å². The molecule has 1 aromatic carbocycles. The molecule has 1 fully saturated rings. The van der Waals surface area contributed by atoms with E-state index in [0.717, 1.165) is 28.8 Å². The van der Waals surface area contributed by atoms with Gasteiger partial charge in [-0.25, -0.2) is 14.8 Å². The summed E-state index contributed by atoms with van der Waals surface area (Å²) in [6.45, 7) is 2.01. The molecule has 4 rings (SSSR count). The van der Waals surface area contributed by atoms with E-state index in [9.17, 15) is 4.79 Å². The first-order valence-electron chi connectivity index (χ1n) is 8.84. The molecule has 0 bridgehead atoms. The number of benzene rings is 1. The summed E-state index contributed by atoms with van der Waals surface area (Å²) in [5.74, 6) is 0.825. The second kappa shape index (κ2) is 7.50. The molecule has 27 heavy (non-hydrogen) atoms. The van der Waals surface area contributed by atoms with Crippen molar-refractivity contribution in [3.63, 3.8) is 0 Å². The topological polar surface area (TPSA) is 93.4 Å². The second-order valence-electron chi connectivity index (χ2n) is 6.51. The van der Waals surface area contributed by atoms with Gasteiger partial charge in [0.2, 0.25) is 5.88 Å². The van der Waals surface area contributed by atoms with Gasteiger partial charge in [-0.05, 0) is 24.4 Å². The minimum Gasteiger partial charge on any atom is -0.479 e. The number of nitrogens with zero attached hydrogens (tertiary/aromatic N) is 3. The fourth-order valence-corrected chi connectivity index (χ4v) is 4.28. The molecule has 1 aliphatic rings. The molecule has 0 aliphatic carbocycles. The molecular weight excluding hydrogens is 362 g/mol. The fourth-order valence-electron chi connectivity index (χ4n) is 3.30. The van der Waals surface area contributed by atoms with Crippen LogP contribution in [-0.4, -0.2) is 47.6 Å². The molecule has 3 heterocycles. The third-order valence-corrected chi connectivity index (χ3v) is 5.79. The molecule has 2 amide bonds. The zero-order chi connectivity index (χ0) is 18.8. The number of methoxy groups -OCH3 is 1. The van der Waals surface area contributed by atoms with E-state index in [1.54, 1.807) is 18.2 Å². The van der Waals surface area contributed by atoms with Crippen LogP contribution in [-0.2, 0) is 0 Å². The standard InChI is InChI=1S/C19H21N5O2S/c1-26-17-15-16(14(10-21-17)13-5-3-2-4-6-13)27-18(22-15)23-19(25)24-8-7-12(9-20)11-24/h2-6,10,12H,7-9,11,20H2,1H3,(H,22,23,25)/t12-/m1/s1. The maximum absolute atomic E-state index is 12.6. The lowest BCUT2D eigenvalue weighted by Crippen LogP contribution is -2.33. The Kier molecular flexibility index (Phi) is 4.91. The Morgan fingerprint density at radius 2 is 2.22 bits per heavy atom. The highest BCUT2D eigenvalue weighted by molar-refractivity contribution is 7.23. The quantitative estimate of drug-likeness (QED) is 0.722. The zero-order valence-corrected chi connectivity index (χ0v) is 15.8. The number of rotatable bonds is 4. The Hall–Kier alpha value is -2.71. The van der Waals surface area contributed by atoms with Crippen LogP contribution in [0.15, 0.2) is 36.5 Å². The molecule has 0 spiro atoms. The molecule has 8 heteroatoms. The SMILES string of the molecule is COc1ncc(-c2ccccc2)c2sc(NC(=O)N3CC[C@H](CN)C3)nc12. The van der Waals surface area contributed by atoms with Gasteiger partial charge in [0.1, 0.15) is 5.52 Å². The lowest BCUT2D eigenvalue weighted by atomic mass is 10.1. The fraction of sp³-hybridized carbons (Fsp3) is 0.316. The van der Waals surface area contributed by atoms with Gasteiger partial charge in [0.25, 0.3) is 0 Å². The van der Waals surface area contributed by atoms with Crippen molar-refractivity contribution in [3.8, 4) is 17.0 Å². The van der Waals surface area contributed by atoms with E-state index in [2.05, 4.69) is 15.3 Å². The first-order chi connectivity index (χ1) is 13.2. The van der Waals surface area contributed by atoms with Crippen molar-refractivity contribution >= 4 is 32.7 Å². The lowest BCUT2D eigenvalue weighted by Gasteiger charge is -2.15. The van der Waals surface area contributed by atoms with Crippen molar-refractivity contribution in [2.75, 3.05) is 32.1 Å². The summed E-state index contributed by atoms with van der Waals surface area (Å²) in [6, 6.07) is 9.85. The zero-order valence-electron chi connectivity index (χ0n) is 15.0. The highest BCUT2D eigenvalue weighted by Gasteiger charge is 2.26. The number of likely N-dealkylation sites (tertiary alicyclic amines) is 1. The summed E-state index contributed by atoms with van der Waals surface area (Å²) in [5, 5.41) is 3.45. The summed E-state index contributed by atoms with van der Waals surface area (Å²) in [6.07, 6.45) is 2.73. The third-order valence-electron chi connectivity index (χ3n) is 4.78. The molecule has 3 aromatic rings. The molecular formula is C19H21N5O2S. The Balaban J connectivity index is 1.66. The molecule has 1 aliphatic heterocycles. The molecule has 2 aromatic heterocycles. The smallest absolute Gasteiger partial charge is 0.323 e. The number of fused-ring (bicyclic) bond motifs is 1. The number of aromatic nitrogens is 2. The Morgan fingerprint density at radius 1 is 1.41 bits per heavy atom. The summed E-state index contributed by atoms with van der Waals surface area (Å²) < 4.78 is 6.30. The molecule has 0 saturated carbocycles. The van der Waals surface area contributed by atoms with Crippen LogP contribution in [0.2, 0.25) is 0 Å². The largest absolute Gasteiger partial charge is 0.479 e. The number of nitrogens with two attached hydrogens (primary N) is 1. The Bertz CT molecular complexity index is 959. The predicted molar refractivity (Wildman–Crippen MR) is 107 cm³/mol. The van der Waals surface area contributed by atoms with Crippen LogP contribution in [0, 0.1) is 5.92 Å². The van der Waals surface area contributed by atoms with Crippen LogP contribution in [0.25, 0.3) is 21.3 Å². The molecule has 140 valence electrons. The first-order valence-corrected chi connectivity index (χ1v) is 9.66. The van der Waals surface area contributed by atoms with Crippen molar-refractivity contribution in [1.82, 2.24) is 14.9 Å². The van der Waals surface area contributed by atoms with Crippen molar-refractivity contribution < 1.29 is 9.53 Å². The molecule has 0 unspecified atom stereocenters. The van der Waals surface area contributed by atoms with Gasteiger partial charge in [0.05, 0.1) is 11.8 Å². The summed E-state index contributed by atoms with van der Waals surface area (Å²) in [5.41, 5.74) is 8.38. The average molecular weight is 383 g/mol. The number of nitrogens with one attached hydrogen (secondary N) is 1. The van der Waals surface area contributed by atoms with Crippen molar-refractivity contribution in [2.45, 2.75) is 6.42 Å². The minimum atomic E-state index is -0.141. The summed E-state index contributed by atoms with van der Waals surface area (Å²) in [7, 11) is 1.57. The van der Waals surface area contributed by atoms with Crippen molar-refractivity contribution in [1.29, 1.82) is 0 Å². The van der Waals surface area contributed by atoms with Gasteiger partial charge in [0.15, 0.2) is 5.13 Å². The number of ether oxygens (including phenoxy) is 1. The maximum Gasteiger partial charge on any atom is 0.323 e. The van der Waals surface area contributed by atoms with E-state index in [4.69, 9.17) is 10.5 Å².